The lowest BCUT2D eigenvalue weighted by molar-refractivity contribution is -0.142. The summed E-state index contributed by atoms with van der Waals surface area (Å²) in [5.41, 5.74) is 6.46. The van der Waals surface area contributed by atoms with Crippen molar-refractivity contribution in [1.29, 1.82) is 0 Å². The fraction of sp³-hybridized carbons (Fsp3) is 0.500. The largest absolute Gasteiger partial charge is 0.480 e. The first-order valence-electron chi connectivity index (χ1n) is 10.2. The summed E-state index contributed by atoms with van der Waals surface area (Å²) in [6.07, 6.45) is -0.138. The van der Waals surface area contributed by atoms with E-state index in [1.165, 1.54) is 34.9 Å². The number of aromatic nitrogens is 5. The van der Waals surface area contributed by atoms with Crippen molar-refractivity contribution in [3.63, 3.8) is 0 Å². The van der Waals surface area contributed by atoms with E-state index in [-0.39, 0.29) is 17.9 Å². The molecule has 0 bridgehead atoms. The van der Waals surface area contributed by atoms with Crippen LogP contribution >= 0.6 is 34.9 Å². The first-order chi connectivity index (χ1) is 16.6. The number of rotatable bonds is 12. The zero-order valence-corrected chi connectivity index (χ0v) is 21.3. The third-order valence-corrected chi connectivity index (χ3v) is 7.75. The number of anilines is 1. The van der Waals surface area contributed by atoms with Crippen LogP contribution in [0.2, 0.25) is 0 Å². The first-order valence-corrected chi connectivity index (χ1v) is 13.1. The van der Waals surface area contributed by atoms with Crippen LogP contribution in [0.1, 0.15) is 5.69 Å². The Labute approximate surface area is 212 Å². The molecule has 1 amide bonds. The summed E-state index contributed by atoms with van der Waals surface area (Å²) in [7, 11) is 3.87. The average molecular weight is 544 g/mol. The quantitative estimate of drug-likeness (QED) is 0.208. The summed E-state index contributed by atoms with van der Waals surface area (Å²) in [4.78, 5) is 42.2. The molecular formula is C18H25N9O5S3. The number of likely N-dealkylation sites (N-methyl/N-ethyl adjacent to an activating group) is 1. The van der Waals surface area contributed by atoms with E-state index >= 15 is 0 Å². The Kier molecular flexibility index (Phi) is 9.30. The first kappa shape index (κ1) is 26.7. The molecule has 1 aliphatic heterocycles. The van der Waals surface area contributed by atoms with Crippen molar-refractivity contribution in [1.82, 2.24) is 40.7 Å². The molecule has 0 fully saturated rings. The van der Waals surface area contributed by atoms with Gasteiger partial charge in [0, 0.05) is 23.4 Å². The van der Waals surface area contributed by atoms with Crippen LogP contribution in [0.3, 0.4) is 0 Å². The Morgan fingerprint density at radius 2 is 2.17 bits per heavy atom. The van der Waals surface area contributed by atoms with E-state index in [9.17, 15) is 24.6 Å². The number of carbonyl (C=O) groups is 3. The van der Waals surface area contributed by atoms with Gasteiger partial charge in [-0.1, -0.05) is 11.8 Å². The van der Waals surface area contributed by atoms with Crippen LogP contribution in [0.5, 0.6) is 0 Å². The van der Waals surface area contributed by atoms with Crippen LogP contribution in [-0.4, -0.2) is 102 Å². The van der Waals surface area contributed by atoms with E-state index < -0.39 is 29.3 Å². The molecule has 2 aromatic rings. The van der Waals surface area contributed by atoms with Crippen molar-refractivity contribution in [2.24, 2.45) is 0 Å². The number of thiazole rings is 1. The third-order valence-electron chi connectivity index (χ3n) is 4.72. The van der Waals surface area contributed by atoms with Crippen molar-refractivity contribution in [3.05, 3.63) is 22.3 Å². The second-order valence-corrected chi connectivity index (χ2v) is 10.6. The average Bonchev–Trinajstić information content (AvgIpc) is 3.42. The monoisotopic (exact) mass is 543 g/mol. The Balaban J connectivity index is 1.66. The maximum Gasteiger partial charge on any atom is 0.352 e. The Hall–Kier alpha value is -2.89. The van der Waals surface area contributed by atoms with Gasteiger partial charge in [0.25, 0.3) is 0 Å². The van der Waals surface area contributed by atoms with Gasteiger partial charge >= 0.3 is 11.9 Å². The minimum Gasteiger partial charge on any atom is -0.480 e. The number of carbonyl (C=O) groups excluding carboxylic acids is 1. The van der Waals surface area contributed by atoms with Crippen LogP contribution in [0.25, 0.3) is 0 Å². The van der Waals surface area contributed by atoms with Gasteiger partial charge in [0.1, 0.15) is 11.1 Å². The highest BCUT2D eigenvalue weighted by molar-refractivity contribution is 8.00. The summed E-state index contributed by atoms with van der Waals surface area (Å²) >= 11 is 3.67. The number of hydrogen-bond acceptors (Lipinski definition) is 13. The fourth-order valence-electron chi connectivity index (χ4n) is 3.00. The summed E-state index contributed by atoms with van der Waals surface area (Å²) in [6.45, 7) is 1.31. The SMILES string of the molecule is CN(C)CCn1nnnc1SCC1=C(C(=O)O)N[C@@H]([C@H](NC(=O)Cc2csc(N)n2)C(=O)O)SC1. The van der Waals surface area contributed by atoms with Gasteiger partial charge in [-0.15, -0.1) is 28.2 Å². The molecule has 0 radical (unpaired) electrons. The van der Waals surface area contributed by atoms with E-state index in [4.69, 9.17) is 5.73 Å². The molecular weight excluding hydrogens is 518 g/mol. The second kappa shape index (κ2) is 12.2. The lowest BCUT2D eigenvalue weighted by Crippen LogP contribution is -2.55. The smallest absolute Gasteiger partial charge is 0.352 e. The normalized spacial score (nSPS) is 16.7. The molecule has 6 N–H and O–H groups in total. The number of carboxylic acid groups (broad SMARTS) is 2. The topological polar surface area (TPSA) is 201 Å². The molecule has 0 unspecified atom stereocenters. The Morgan fingerprint density at radius 3 is 2.80 bits per heavy atom. The number of carboxylic acids is 2. The maximum atomic E-state index is 12.4. The van der Waals surface area contributed by atoms with Crippen molar-refractivity contribution in [2.45, 2.75) is 29.5 Å². The summed E-state index contributed by atoms with van der Waals surface area (Å²) in [6, 6.07) is -1.36. The number of thioether (sulfide) groups is 2. The highest BCUT2D eigenvalue weighted by atomic mass is 32.2. The third kappa shape index (κ3) is 7.55. The molecule has 2 atom stereocenters. The van der Waals surface area contributed by atoms with E-state index in [1.807, 2.05) is 19.0 Å². The molecule has 17 heteroatoms. The molecule has 1 aliphatic rings. The number of nitrogen functional groups attached to an aromatic ring is 1. The molecule has 0 aliphatic carbocycles. The zero-order chi connectivity index (χ0) is 25.5. The minimum absolute atomic E-state index is 0.0960. The van der Waals surface area contributed by atoms with Crippen molar-refractivity contribution >= 4 is 57.8 Å². The molecule has 0 saturated heterocycles. The van der Waals surface area contributed by atoms with Crippen molar-refractivity contribution in [2.75, 3.05) is 37.9 Å². The predicted molar refractivity (Wildman–Crippen MR) is 131 cm³/mol. The van der Waals surface area contributed by atoms with Crippen LogP contribution in [0.15, 0.2) is 21.8 Å². The number of hydrogen-bond donors (Lipinski definition) is 5. The van der Waals surface area contributed by atoms with Crippen molar-refractivity contribution < 1.29 is 24.6 Å². The lowest BCUT2D eigenvalue weighted by atomic mass is 10.2. The van der Waals surface area contributed by atoms with Crippen LogP contribution in [0.4, 0.5) is 5.13 Å². The zero-order valence-electron chi connectivity index (χ0n) is 18.9. The molecule has 3 rings (SSSR count). The molecule has 14 nitrogen and oxygen atoms in total. The van der Waals surface area contributed by atoms with Crippen LogP contribution in [0, 0.1) is 0 Å². The van der Waals surface area contributed by atoms with Gasteiger partial charge in [-0.3, -0.25) is 4.79 Å². The Bertz CT molecular complexity index is 1100. The highest BCUT2D eigenvalue weighted by Gasteiger charge is 2.35. The molecule has 0 aromatic carbocycles. The van der Waals surface area contributed by atoms with E-state index in [1.54, 1.807) is 10.1 Å². The van der Waals surface area contributed by atoms with E-state index in [0.717, 1.165) is 6.54 Å². The second-order valence-electron chi connectivity index (χ2n) is 7.67. The number of tetrazole rings is 1. The predicted octanol–water partition coefficient (Wildman–Crippen LogP) is -0.821. The molecule has 0 saturated carbocycles. The summed E-state index contributed by atoms with van der Waals surface area (Å²) in [5, 5.41) is 37.9. The van der Waals surface area contributed by atoms with Crippen molar-refractivity contribution in [3.8, 4) is 0 Å². The minimum atomic E-state index is -1.36. The number of nitrogens with zero attached hydrogens (tertiary/aromatic N) is 6. The molecule has 2 aromatic heterocycles. The van der Waals surface area contributed by atoms with Gasteiger partial charge in [0.05, 0.1) is 18.7 Å². The number of aliphatic carboxylic acids is 2. The Morgan fingerprint density at radius 1 is 1.40 bits per heavy atom. The van der Waals surface area contributed by atoms with Gasteiger partial charge in [0.15, 0.2) is 11.2 Å². The number of nitrogens with one attached hydrogen (secondary N) is 2. The maximum absolute atomic E-state index is 12.4. The highest BCUT2D eigenvalue weighted by Crippen LogP contribution is 2.29. The van der Waals surface area contributed by atoms with Gasteiger partial charge < -0.3 is 31.5 Å². The summed E-state index contributed by atoms with van der Waals surface area (Å²) < 4.78 is 1.64. The lowest BCUT2D eigenvalue weighted by Gasteiger charge is -2.31. The van der Waals surface area contributed by atoms with Crippen LogP contribution < -0.4 is 16.4 Å². The molecule has 3 heterocycles. The molecule has 190 valence electrons. The van der Waals surface area contributed by atoms with Gasteiger partial charge in [-0.05, 0) is 30.1 Å². The van der Waals surface area contributed by atoms with Crippen LogP contribution in [-0.2, 0) is 27.3 Å². The summed E-state index contributed by atoms with van der Waals surface area (Å²) in [5.74, 6) is -2.51. The molecule has 35 heavy (non-hydrogen) atoms. The van der Waals surface area contributed by atoms with Gasteiger partial charge in [-0.25, -0.2) is 19.3 Å². The van der Waals surface area contributed by atoms with E-state index in [2.05, 4.69) is 31.1 Å². The fourth-order valence-corrected chi connectivity index (χ4v) is 5.82. The number of amides is 1. The van der Waals surface area contributed by atoms with Gasteiger partial charge in [-0.2, -0.15) is 0 Å². The number of nitrogens with two attached hydrogens (primary N) is 1. The van der Waals surface area contributed by atoms with E-state index in [0.29, 0.717) is 33.9 Å². The van der Waals surface area contributed by atoms with Gasteiger partial charge in [0.2, 0.25) is 11.1 Å². The molecule has 0 spiro atoms. The standard InChI is InChI=1S/C18H25N9O5S3/c1-26(2)3-4-27-18(23-24-25-27)35-7-9-6-33-14(22-12(9)15(29)30)13(16(31)32)21-11(28)5-10-8-34-17(19)20-10/h8,13-14,22H,3-7H2,1-2H3,(H2,19,20)(H,21,28)(H,29,30)(H,31,32)/t13-,14+/m0/s1.